The second-order valence-electron chi connectivity index (χ2n) is 18.9. The third kappa shape index (κ3) is 14.6. The number of aliphatic carboxylic acids is 1. The molecular formula is C50H64F8N6O5. The molecule has 2 fully saturated rings. The molecule has 2 aliphatic rings. The van der Waals surface area contributed by atoms with Crippen LogP contribution in [0.4, 0.5) is 35.1 Å². The maximum absolute atomic E-state index is 13.9. The topological polar surface area (TPSA) is 165 Å². The molecule has 2 aromatic heterocycles. The highest BCUT2D eigenvalue weighted by Gasteiger charge is 2.68. The van der Waals surface area contributed by atoms with Crippen molar-refractivity contribution in [1.29, 1.82) is 0 Å². The summed E-state index contributed by atoms with van der Waals surface area (Å²) in [5.74, 6) is -5.33. The van der Waals surface area contributed by atoms with Gasteiger partial charge in [0, 0.05) is 55.8 Å². The van der Waals surface area contributed by atoms with E-state index in [1.54, 1.807) is 12.1 Å². The van der Waals surface area contributed by atoms with Crippen LogP contribution in [-0.2, 0) is 22.4 Å². The van der Waals surface area contributed by atoms with E-state index in [1.165, 1.54) is 11.8 Å². The number of benzene rings is 2. The summed E-state index contributed by atoms with van der Waals surface area (Å²) in [5.41, 5.74) is 8.21. The number of nitrogens with zero attached hydrogens (tertiary/aromatic N) is 4. The van der Waals surface area contributed by atoms with Crippen molar-refractivity contribution in [1.82, 2.24) is 25.1 Å². The third-order valence-corrected chi connectivity index (χ3v) is 13.6. The van der Waals surface area contributed by atoms with Gasteiger partial charge in [0.1, 0.15) is 23.1 Å². The Balaban J connectivity index is 0.000000249. The van der Waals surface area contributed by atoms with Gasteiger partial charge in [-0.15, -0.1) is 0 Å². The van der Waals surface area contributed by atoms with E-state index in [2.05, 4.69) is 20.2 Å². The lowest BCUT2D eigenvalue weighted by atomic mass is 9.80. The molecule has 0 aliphatic heterocycles. The molecule has 4 atom stereocenters. The van der Waals surface area contributed by atoms with E-state index in [0.29, 0.717) is 24.8 Å². The number of likely N-dealkylation sites (N-methyl/N-ethyl adjacent to an activating group) is 2. The van der Waals surface area contributed by atoms with Crippen molar-refractivity contribution in [2.45, 2.75) is 115 Å². The molecule has 0 radical (unpaired) electrons. The summed E-state index contributed by atoms with van der Waals surface area (Å²) in [6.45, 7) is 8.75. The summed E-state index contributed by atoms with van der Waals surface area (Å²) in [4.78, 5) is 34.9. The molecule has 380 valence electrons. The minimum absolute atomic E-state index is 0.0165. The van der Waals surface area contributed by atoms with Crippen LogP contribution in [-0.4, -0.2) is 113 Å². The molecule has 0 bridgehead atoms. The molecule has 69 heavy (non-hydrogen) atoms. The fraction of sp³-hybridized carbons (Fsp3) is 0.520. The Bertz CT molecular complexity index is 2340. The molecule has 0 saturated heterocycles. The first-order valence-electron chi connectivity index (χ1n) is 22.5. The number of nitrogens with two attached hydrogens (primary N) is 1. The van der Waals surface area contributed by atoms with Gasteiger partial charge in [-0.1, -0.05) is 0 Å². The van der Waals surface area contributed by atoms with Crippen molar-refractivity contribution in [2.24, 2.45) is 16.6 Å². The number of alkyl halides is 6. The van der Waals surface area contributed by atoms with Gasteiger partial charge >= 0.3 is 18.3 Å². The molecule has 2 unspecified atom stereocenters. The van der Waals surface area contributed by atoms with Crippen molar-refractivity contribution in [2.75, 3.05) is 41.3 Å². The van der Waals surface area contributed by atoms with E-state index >= 15 is 0 Å². The molecule has 2 aliphatic carbocycles. The van der Waals surface area contributed by atoms with Gasteiger partial charge in [0.2, 0.25) is 5.91 Å². The van der Waals surface area contributed by atoms with Gasteiger partial charge < -0.3 is 36.2 Å². The van der Waals surface area contributed by atoms with Gasteiger partial charge in [-0.25, -0.2) is 8.78 Å². The molecule has 6 N–H and O–H groups in total. The van der Waals surface area contributed by atoms with E-state index in [-0.39, 0.29) is 55.1 Å². The van der Waals surface area contributed by atoms with Gasteiger partial charge in [0.05, 0.1) is 29.6 Å². The largest absolute Gasteiger partial charge is 0.508 e. The van der Waals surface area contributed by atoms with Crippen LogP contribution in [0.2, 0.25) is 0 Å². The van der Waals surface area contributed by atoms with Crippen molar-refractivity contribution < 1.29 is 60.0 Å². The van der Waals surface area contributed by atoms with Crippen molar-refractivity contribution in [3.8, 4) is 11.5 Å². The van der Waals surface area contributed by atoms with E-state index in [1.807, 2.05) is 72.9 Å². The number of phenolic OH excluding ortho intramolecular Hbond substituents is 2. The van der Waals surface area contributed by atoms with E-state index in [0.717, 1.165) is 65.0 Å². The van der Waals surface area contributed by atoms with E-state index in [4.69, 9.17) is 10.8 Å². The fourth-order valence-corrected chi connectivity index (χ4v) is 9.06. The average molecular weight is 981 g/mol. The number of phenols is 2. The van der Waals surface area contributed by atoms with Crippen LogP contribution >= 0.6 is 0 Å². The molecule has 6 rings (SSSR count). The number of carboxylic acid groups (broad SMARTS) is 1. The number of hydrogen-bond acceptors (Lipinski definition) is 9. The highest BCUT2D eigenvalue weighted by Crippen LogP contribution is 2.67. The summed E-state index contributed by atoms with van der Waals surface area (Å²) >= 11 is 0. The Kier molecular flexibility index (Phi) is 18.7. The molecule has 2 aromatic carbocycles. The number of hydrogen-bond donors (Lipinski definition) is 5. The average Bonchev–Trinajstić information content (AvgIpc) is 4.17. The molecule has 2 saturated carbocycles. The first-order valence-corrected chi connectivity index (χ1v) is 22.5. The van der Waals surface area contributed by atoms with E-state index in [9.17, 15) is 54.9 Å². The van der Waals surface area contributed by atoms with Crippen LogP contribution in [0.3, 0.4) is 0 Å². The van der Waals surface area contributed by atoms with Gasteiger partial charge in [-0.2, -0.15) is 26.3 Å². The first kappa shape index (κ1) is 56.2. The standard InChI is InChI=1S/C25H31F4N3O2.C13H22N2O.C12H11F4NO2/c1-15-7-20(33)8-16(2)21(15)10-19(32(3)4)14-31-23(34)11-22(17-9-18(26)13-30-12-17)24(5-6-24)25(27,28)29;1-9-5-12(16)6-10(2)13(9)7-11(8-14)15(3)4;13-8-3-7(5-17-6-8)9(4-10(18)19)11(1-2-11)12(14,15)16/h7-9,12-13,19,22,33H,5-6,10-11,14H2,1-4H3,(H,31,34);5-6,11,16H,7-8,14H2,1-4H3;3,5-6,9H,1-2,4H2,(H,18,19)/t19-,22?;11-;/m00./s1. The zero-order valence-corrected chi connectivity index (χ0v) is 40.2. The summed E-state index contributed by atoms with van der Waals surface area (Å²) in [6, 6.07) is 9.17. The molecule has 0 spiro atoms. The second kappa shape index (κ2) is 23.0. The summed E-state index contributed by atoms with van der Waals surface area (Å²) in [5, 5.41) is 30.8. The Hall–Kier alpha value is -5.40. The van der Waals surface area contributed by atoms with Gasteiger partial charge in [0.15, 0.2) is 0 Å². The Morgan fingerprint density at radius 1 is 0.652 bits per heavy atom. The Labute approximate surface area is 398 Å². The highest BCUT2D eigenvalue weighted by atomic mass is 19.4. The number of pyridine rings is 2. The van der Waals surface area contributed by atoms with Crippen LogP contribution in [0.15, 0.2) is 61.2 Å². The molecule has 2 heterocycles. The molecule has 19 heteroatoms. The first-order chi connectivity index (χ1) is 32.0. The van der Waals surface area contributed by atoms with Crippen molar-refractivity contribution in [3.63, 3.8) is 0 Å². The minimum atomic E-state index is -4.50. The van der Waals surface area contributed by atoms with E-state index < -0.39 is 71.4 Å². The normalized spacial score (nSPS) is 16.6. The lowest BCUT2D eigenvalue weighted by Crippen LogP contribution is -2.43. The quantitative estimate of drug-likeness (QED) is 0.0645. The van der Waals surface area contributed by atoms with Crippen LogP contribution in [0, 0.1) is 50.2 Å². The SMILES string of the molecule is Cc1cc(O)cc(C)c1C[C@@H](CN)N(C)C.Cc1cc(O)cc(C)c1C[C@@H](CNC(=O)CC(c1cncc(F)c1)C1(C(F)(F)F)CC1)N(C)C.O=C(O)CC(c1cncc(F)c1)C1(C(F)(F)F)CC1. The summed E-state index contributed by atoms with van der Waals surface area (Å²) in [6.07, 6.45) is -4.90. The Morgan fingerprint density at radius 3 is 1.32 bits per heavy atom. The number of rotatable bonds is 17. The van der Waals surface area contributed by atoms with Gasteiger partial charge in [-0.05, 0) is 175 Å². The Morgan fingerprint density at radius 2 is 1.01 bits per heavy atom. The van der Waals surface area contributed by atoms with Crippen molar-refractivity contribution in [3.05, 3.63) is 117 Å². The fourth-order valence-electron chi connectivity index (χ4n) is 9.06. The second-order valence-corrected chi connectivity index (χ2v) is 18.9. The molecule has 1 amide bonds. The third-order valence-electron chi connectivity index (χ3n) is 13.6. The molecule has 11 nitrogen and oxygen atoms in total. The maximum atomic E-state index is 13.9. The number of nitrogens with one attached hydrogen (secondary N) is 1. The minimum Gasteiger partial charge on any atom is -0.508 e. The summed E-state index contributed by atoms with van der Waals surface area (Å²) < 4.78 is 108. The zero-order chi connectivity index (χ0) is 51.8. The molecule has 4 aromatic rings. The number of aromatic nitrogens is 2. The predicted molar refractivity (Wildman–Crippen MR) is 246 cm³/mol. The number of aromatic hydroxyl groups is 2. The summed E-state index contributed by atoms with van der Waals surface area (Å²) in [7, 11) is 7.82. The number of carbonyl (C=O) groups is 2. The lowest BCUT2D eigenvalue weighted by Gasteiger charge is -2.30. The van der Waals surface area contributed by atoms with Crippen LogP contribution in [0.25, 0.3) is 0 Å². The van der Waals surface area contributed by atoms with Gasteiger partial charge in [0.25, 0.3) is 0 Å². The smallest absolute Gasteiger partial charge is 0.395 e. The van der Waals surface area contributed by atoms with Crippen LogP contribution in [0.1, 0.15) is 94.9 Å². The van der Waals surface area contributed by atoms with Crippen LogP contribution in [0.5, 0.6) is 11.5 Å². The molecular weight excluding hydrogens is 917 g/mol. The number of aryl methyl sites for hydroxylation is 4. The zero-order valence-electron chi connectivity index (χ0n) is 40.2. The number of carboxylic acids is 1. The highest BCUT2D eigenvalue weighted by molar-refractivity contribution is 5.77. The number of halogens is 8. The maximum Gasteiger partial charge on any atom is 0.395 e. The number of carbonyl (C=O) groups excluding carboxylic acids is 1. The predicted octanol–water partition coefficient (Wildman–Crippen LogP) is 9.21. The number of amides is 1. The lowest BCUT2D eigenvalue weighted by molar-refractivity contribution is -0.196. The van der Waals surface area contributed by atoms with Crippen molar-refractivity contribution >= 4 is 11.9 Å². The van der Waals surface area contributed by atoms with Gasteiger partial charge in [-0.3, -0.25) is 19.6 Å². The van der Waals surface area contributed by atoms with Crippen LogP contribution < -0.4 is 11.1 Å². The monoisotopic (exact) mass is 980 g/mol.